The third kappa shape index (κ3) is 2.39. The molecule has 0 unspecified atom stereocenters. The third-order valence-electron chi connectivity index (χ3n) is 5.97. The lowest BCUT2D eigenvalue weighted by molar-refractivity contribution is -0.0515. The van der Waals surface area contributed by atoms with Crippen molar-refractivity contribution in [2.24, 2.45) is 0 Å². The van der Waals surface area contributed by atoms with Crippen molar-refractivity contribution in [3.8, 4) is 11.5 Å². The molecule has 32 heavy (non-hydrogen) atoms. The van der Waals surface area contributed by atoms with Gasteiger partial charge in [0.05, 0.1) is 27.6 Å². The number of nitrogens with zero attached hydrogens (tertiary/aromatic N) is 2. The molecule has 0 fully saturated rings. The Hall–Kier alpha value is -4.38. The van der Waals surface area contributed by atoms with Gasteiger partial charge in [0.25, 0.3) is 0 Å². The first-order valence-electron chi connectivity index (χ1n) is 10.5. The molecule has 4 aromatic carbocycles. The minimum Gasteiger partial charge on any atom is -0.438 e. The Morgan fingerprint density at radius 3 is 2.12 bits per heavy atom. The molecular formula is C27H17N3O2. The summed E-state index contributed by atoms with van der Waals surface area (Å²) in [7, 11) is 0. The summed E-state index contributed by atoms with van der Waals surface area (Å²) in [5.74, 6) is 0.694. The maximum absolute atomic E-state index is 6.57. The summed E-state index contributed by atoms with van der Waals surface area (Å²) >= 11 is 0. The first kappa shape index (κ1) is 17.3. The number of imidazole rings is 1. The molecule has 0 radical (unpaired) electrons. The summed E-state index contributed by atoms with van der Waals surface area (Å²) < 4.78 is 13.1. The maximum Gasteiger partial charge on any atom is 0.339 e. The number of aromatic amines is 1. The molecule has 7 rings (SSSR count). The molecule has 152 valence electrons. The predicted octanol–water partition coefficient (Wildman–Crippen LogP) is 5.94. The van der Waals surface area contributed by atoms with Crippen LogP contribution in [0.5, 0.6) is 11.5 Å². The smallest absolute Gasteiger partial charge is 0.339 e. The second-order valence-electron chi connectivity index (χ2n) is 7.92. The SMILES string of the molecule is c1ccc2c(c1)OC(c1nc3ccccc3[nH]1)(c1cccc3nc4ccccc4cc13)O2. The highest BCUT2D eigenvalue weighted by atomic mass is 16.7. The molecule has 1 aliphatic heterocycles. The molecule has 0 amide bonds. The van der Waals surface area contributed by atoms with Crippen LogP contribution >= 0.6 is 0 Å². The van der Waals surface area contributed by atoms with Crippen molar-refractivity contribution in [3.05, 3.63) is 108 Å². The van der Waals surface area contributed by atoms with Gasteiger partial charge >= 0.3 is 5.79 Å². The number of rotatable bonds is 2. The van der Waals surface area contributed by atoms with E-state index in [-0.39, 0.29) is 0 Å². The fraction of sp³-hybridized carbons (Fsp3) is 0.0370. The lowest BCUT2D eigenvalue weighted by atomic mass is 9.98. The van der Waals surface area contributed by atoms with Crippen LogP contribution in [0.25, 0.3) is 32.8 Å². The number of fused-ring (bicyclic) bond motifs is 4. The van der Waals surface area contributed by atoms with Gasteiger partial charge in [-0.15, -0.1) is 0 Å². The Balaban J connectivity index is 1.55. The van der Waals surface area contributed by atoms with Crippen LogP contribution in [0.1, 0.15) is 11.4 Å². The van der Waals surface area contributed by atoms with Gasteiger partial charge in [-0.2, -0.15) is 0 Å². The Kier molecular flexibility index (Phi) is 3.41. The van der Waals surface area contributed by atoms with Gasteiger partial charge in [-0.3, -0.25) is 0 Å². The van der Waals surface area contributed by atoms with Crippen LogP contribution in [0.3, 0.4) is 0 Å². The first-order chi connectivity index (χ1) is 15.8. The number of H-pyrrole nitrogens is 1. The molecule has 5 nitrogen and oxygen atoms in total. The molecule has 3 heterocycles. The molecule has 2 aromatic heterocycles. The number of nitrogens with one attached hydrogen (secondary N) is 1. The molecule has 1 N–H and O–H groups in total. The van der Waals surface area contributed by atoms with Crippen LogP contribution in [0.2, 0.25) is 0 Å². The number of ether oxygens (including phenoxy) is 2. The normalized spacial score (nSPS) is 14.4. The van der Waals surface area contributed by atoms with Gasteiger partial charge in [0.15, 0.2) is 17.3 Å². The Morgan fingerprint density at radius 2 is 1.31 bits per heavy atom. The molecule has 0 saturated heterocycles. The molecule has 0 atom stereocenters. The molecule has 0 bridgehead atoms. The van der Waals surface area contributed by atoms with Crippen molar-refractivity contribution in [1.29, 1.82) is 0 Å². The van der Waals surface area contributed by atoms with E-state index in [1.807, 2.05) is 84.9 Å². The van der Waals surface area contributed by atoms with E-state index in [4.69, 9.17) is 19.4 Å². The minimum atomic E-state index is -1.26. The van der Waals surface area contributed by atoms with E-state index >= 15 is 0 Å². The minimum absolute atomic E-state index is 0.593. The number of benzene rings is 4. The van der Waals surface area contributed by atoms with E-state index in [0.29, 0.717) is 17.3 Å². The standard InChI is InChI=1S/C27H17N3O2/c1-2-10-20-17(8-1)16-18-19(9-7-13-21(18)28-20)27(31-24-14-5-6-15-25(24)32-27)26-29-22-11-3-4-12-23(22)30-26/h1-16H,(H,29,30). The first-order valence-corrected chi connectivity index (χ1v) is 10.5. The monoisotopic (exact) mass is 415 g/mol. The summed E-state index contributed by atoms with van der Waals surface area (Å²) in [5, 5.41) is 2.02. The highest BCUT2D eigenvalue weighted by Crippen LogP contribution is 2.48. The number of para-hydroxylation sites is 5. The topological polar surface area (TPSA) is 60.0 Å². The number of hydrogen-bond donors (Lipinski definition) is 1. The van der Waals surface area contributed by atoms with Crippen LogP contribution in [0, 0.1) is 0 Å². The van der Waals surface area contributed by atoms with Gasteiger partial charge in [-0.05, 0) is 48.5 Å². The molecule has 6 aromatic rings. The van der Waals surface area contributed by atoms with Gasteiger partial charge < -0.3 is 14.5 Å². The van der Waals surface area contributed by atoms with E-state index in [1.54, 1.807) is 0 Å². The van der Waals surface area contributed by atoms with Crippen molar-refractivity contribution in [3.63, 3.8) is 0 Å². The van der Waals surface area contributed by atoms with Gasteiger partial charge in [0.2, 0.25) is 0 Å². The van der Waals surface area contributed by atoms with Gasteiger partial charge in [0, 0.05) is 10.8 Å². The van der Waals surface area contributed by atoms with Crippen molar-refractivity contribution in [2.45, 2.75) is 5.79 Å². The molecule has 1 aliphatic rings. The lowest BCUT2D eigenvalue weighted by Gasteiger charge is -2.27. The van der Waals surface area contributed by atoms with Crippen LogP contribution in [-0.4, -0.2) is 15.0 Å². The summed E-state index contributed by atoms with van der Waals surface area (Å²) in [6.45, 7) is 0. The Morgan fingerprint density at radius 1 is 0.625 bits per heavy atom. The summed E-state index contributed by atoms with van der Waals surface area (Å²) in [4.78, 5) is 13.2. The van der Waals surface area contributed by atoms with Crippen LogP contribution in [0.4, 0.5) is 0 Å². The average molecular weight is 415 g/mol. The van der Waals surface area contributed by atoms with Crippen molar-refractivity contribution in [1.82, 2.24) is 15.0 Å². The van der Waals surface area contributed by atoms with Gasteiger partial charge in [0.1, 0.15) is 0 Å². The largest absolute Gasteiger partial charge is 0.438 e. The fourth-order valence-corrected chi connectivity index (χ4v) is 4.48. The second-order valence-corrected chi connectivity index (χ2v) is 7.92. The Bertz CT molecular complexity index is 1600. The number of pyridine rings is 1. The third-order valence-corrected chi connectivity index (χ3v) is 5.97. The van der Waals surface area contributed by atoms with Crippen molar-refractivity contribution in [2.75, 3.05) is 0 Å². The molecule has 0 aliphatic carbocycles. The molecular weight excluding hydrogens is 398 g/mol. The van der Waals surface area contributed by atoms with E-state index in [0.717, 1.165) is 38.4 Å². The summed E-state index contributed by atoms with van der Waals surface area (Å²) in [5.41, 5.74) is 4.46. The summed E-state index contributed by atoms with van der Waals surface area (Å²) in [6.07, 6.45) is 0. The van der Waals surface area contributed by atoms with Gasteiger partial charge in [-0.25, -0.2) is 9.97 Å². The molecule has 0 saturated carbocycles. The van der Waals surface area contributed by atoms with Crippen LogP contribution < -0.4 is 9.47 Å². The second kappa shape index (κ2) is 6.31. The quantitative estimate of drug-likeness (QED) is 0.356. The van der Waals surface area contributed by atoms with E-state index in [9.17, 15) is 0 Å². The van der Waals surface area contributed by atoms with E-state index in [1.165, 1.54) is 0 Å². The van der Waals surface area contributed by atoms with Gasteiger partial charge in [-0.1, -0.05) is 48.5 Å². The van der Waals surface area contributed by atoms with Crippen LogP contribution in [0.15, 0.2) is 97.1 Å². The average Bonchev–Trinajstić information content (AvgIpc) is 3.45. The van der Waals surface area contributed by atoms with E-state index < -0.39 is 5.79 Å². The van der Waals surface area contributed by atoms with Crippen LogP contribution in [-0.2, 0) is 5.79 Å². The van der Waals surface area contributed by atoms with E-state index in [2.05, 4.69) is 17.1 Å². The zero-order valence-electron chi connectivity index (χ0n) is 16.9. The fourth-order valence-electron chi connectivity index (χ4n) is 4.48. The zero-order chi connectivity index (χ0) is 21.1. The highest BCUT2D eigenvalue weighted by molar-refractivity contribution is 5.95. The number of aromatic nitrogens is 3. The number of hydrogen-bond acceptors (Lipinski definition) is 4. The summed E-state index contributed by atoms with van der Waals surface area (Å²) in [6, 6.07) is 31.9. The predicted molar refractivity (Wildman–Crippen MR) is 124 cm³/mol. The Labute approximate surface area is 183 Å². The maximum atomic E-state index is 6.57. The molecule has 5 heteroatoms. The zero-order valence-corrected chi connectivity index (χ0v) is 16.9. The molecule has 0 spiro atoms. The van der Waals surface area contributed by atoms with Crippen molar-refractivity contribution < 1.29 is 9.47 Å². The highest BCUT2D eigenvalue weighted by Gasteiger charge is 2.49. The van der Waals surface area contributed by atoms with Crippen molar-refractivity contribution >= 4 is 32.8 Å². The lowest BCUT2D eigenvalue weighted by Crippen LogP contribution is -2.38.